The minimum Gasteiger partial charge on any atom is -0.355 e. The van der Waals surface area contributed by atoms with Crippen LogP contribution in [0.2, 0.25) is 10.0 Å². The fourth-order valence-corrected chi connectivity index (χ4v) is 4.56. The van der Waals surface area contributed by atoms with Crippen LogP contribution < -0.4 is 10.6 Å². The number of halogens is 2. The number of rotatable bonds is 10. The van der Waals surface area contributed by atoms with Gasteiger partial charge >= 0.3 is 0 Å². The van der Waals surface area contributed by atoms with Gasteiger partial charge in [-0.2, -0.15) is 0 Å². The molecule has 10 heteroatoms. The van der Waals surface area contributed by atoms with Crippen LogP contribution in [0.15, 0.2) is 53.7 Å². The molecule has 0 aliphatic carbocycles. The molecule has 0 saturated carbocycles. The Balaban J connectivity index is 1.59. The van der Waals surface area contributed by atoms with Crippen molar-refractivity contribution in [1.82, 2.24) is 25.4 Å². The maximum Gasteiger partial charge on any atom is 0.253 e. The first-order chi connectivity index (χ1) is 16.3. The molecule has 1 aromatic heterocycles. The van der Waals surface area contributed by atoms with Crippen LogP contribution in [0.1, 0.15) is 41.6 Å². The second-order valence-corrected chi connectivity index (χ2v) is 9.88. The number of benzene rings is 2. The van der Waals surface area contributed by atoms with Gasteiger partial charge in [-0.05, 0) is 36.1 Å². The van der Waals surface area contributed by atoms with Crippen LogP contribution in [-0.2, 0) is 18.3 Å². The summed E-state index contributed by atoms with van der Waals surface area (Å²) in [6, 6.07) is 14.3. The summed E-state index contributed by atoms with van der Waals surface area (Å²) in [6.07, 6.45) is 0.777. The average Bonchev–Trinajstić information content (AvgIpc) is 3.16. The highest BCUT2D eigenvalue weighted by Crippen LogP contribution is 2.26. The minimum atomic E-state index is -0.397. The number of hydrogen-bond donors (Lipinski definition) is 2. The van der Waals surface area contributed by atoms with Gasteiger partial charge < -0.3 is 15.2 Å². The summed E-state index contributed by atoms with van der Waals surface area (Å²) < 4.78 is 1.80. The first-order valence-corrected chi connectivity index (χ1v) is 12.6. The number of carbonyl (C=O) groups excluding carboxylic acids is 2. The van der Waals surface area contributed by atoms with E-state index < -0.39 is 6.04 Å². The van der Waals surface area contributed by atoms with Crippen LogP contribution in [0.25, 0.3) is 0 Å². The molecule has 1 atom stereocenters. The summed E-state index contributed by atoms with van der Waals surface area (Å²) in [4.78, 5) is 25.1. The smallest absolute Gasteiger partial charge is 0.253 e. The van der Waals surface area contributed by atoms with Crippen LogP contribution >= 0.6 is 35.0 Å². The molecule has 2 aromatic carbocycles. The normalized spacial score (nSPS) is 11.9. The van der Waals surface area contributed by atoms with Crippen molar-refractivity contribution >= 4 is 46.8 Å². The zero-order valence-electron chi connectivity index (χ0n) is 19.2. The van der Waals surface area contributed by atoms with Gasteiger partial charge in [0.15, 0.2) is 11.0 Å². The Morgan fingerprint density at radius 3 is 2.50 bits per heavy atom. The second-order valence-electron chi connectivity index (χ2n) is 8.09. The third-order valence-corrected chi connectivity index (χ3v) is 6.75. The Kier molecular flexibility index (Phi) is 9.38. The zero-order valence-corrected chi connectivity index (χ0v) is 21.5. The van der Waals surface area contributed by atoms with Crippen molar-refractivity contribution in [2.45, 2.75) is 31.5 Å². The maximum atomic E-state index is 12.8. The molecule has 2 amide bonds. The standard InChI is InChI=1S/C24H27Cl2N5O2S/c1-15(2)21(28-23(33)18-10-9-17(25)13-19(18)26)22-29-30-24(31(22)3)34-14-20(32)27-12-11-16-7-5-4-6-8-16/h4-10,13,15,21H,11-12,14H2,1-3H3,(H,27,32)(H,28,33)/t21-/m1/s1. The van der Waals surface area contributed by atoms with Crippen LogP contribution in [0, 0.1) is 5.92 Å². The summed E-state index contributed by atoms with van der Waals surface area (Å²) in [5.41, 5.74) is 1.51. The number of hydrogen-bond acceptors (Lipinski definition) is 5. The molecular formula is C24H27Cl2N5O2S. The van der Waals surface area contributed by atoms with Gasteiger partial charge in [0.25, 0.3) is 5.91 Å². The Morgan fingerprint density at radius 2 is 1.82 bits per heavy atom. The summed E-state index contributed by atoms with van der Waals surface area (Å²) in [5.74, 6) is 0.462. The molecule has 0 aliphatic heterocycles. The van der Waals surface area contributed by atoms with E-state index in [-0.39, 0.29) is 28.5 Å². The fourth-order valence-electron chi connectivity index (χ4n) is 3.32. The minimum absolute atomic E-state index is 0.0389. The highest BCUT2D eigenvalue weighted by Gasteiger charge is 2.26. The Bertz CT molecular complexity index is 1140. The van der Waals surface area contributed by atoms with Crippen molar-refractivity contribution in [3.63, 3.8) is 0 Å². The molecule has 0 fully saturated rings. The van der Waals surface area contributed by atoms with Crippen LogP contribution in [0.4, 0.5) is 0 Å². The van der Waals surface area contributed by atoms with Crippen molar-refractivity contribution in [3.8, 4) is 0 Å². The SMILES string of the molecule is CC(C)[C@@H](NC(=O)c1ccc(Cl)cc1Cl)c1nnc(SCC(=O)NCCc2ccccc2)n1C. The molecule has 0 radical (unpaired) electrons. The topological polar surface area (TPSA) is 88.9 Å². The molecule has 0 bridgehead atoms. The van der Waals surface area contributed by atoms with Crippen molar-refractivity contribution in [1.29, 1.82) is 0 Å². The molecule has 3 aromatic rings. The van der Waals surface area contributed by atoms with Gasteiger partial charge in [-0.3, -0.25) is 9.59 Å². The Labute approximate surface area is 213 Å². The van der Waals surface area contributed by atoms with E-state index in [1.54, 1.807) is 16.7 Å². The van der Waals surface area contributed by atoms with Crippen molar-refractivity contribution < 1.29 is 9.59 Å². The van der Waals surface area contributed by atoms with E-state index >= 15 is 0 Å². The first kappa shape index (κ1) is 26.1. The molecule has 3 rings (SSSR count). The Hall–Kier alpha value is -2.55. The lowest BCUT2D eigenvalue weighted by Crippen LogP contribution is -2.33. The predicted molar refractivity (Wildman–Crippen MR) is 136 cm³/mol. The molecule has 0 aliphatic rings. The summed E-state index contributed by atoms with van der Waals surface area (Å²) in [5, 5.41) is 15.8. The quantitative estimate of drug-likeness (QED) is 0.379. The molecule has 0 spiro atoms. The third-order valence-electron chi connectivity index (χ3n) is 5.19. The van der Waals surface area contributed by atoms with Crippen molar-refractivity contribution in [2.24, 2.45) is 13.0 Å². The maximum absolute atomic E-state index is 12.8. The predicted octanol–water partition coefficient (Wildman–Crippen LogP) is 4.70. The summed E-state index contributed by atoms with van der Waals surface area (Å²) >= 11 is 13.4. The summed E-state index contributed by atoms with van der Waals surface area (Å²) in [7, 11) is 1.82. The zero-order chi connectivity index (χ0) is 24.7. The lowest BCUT2D eigenvalue weighted by molar-refractivity contribution is -0.118. The van der Waals surface area contributed by atoms with Gasteiger partial charge in [-0.25, -0.2) is 0 Å². The van der Waals surface area contributed by atoms with E-state index in [9.17, 15) is 9.59 Å². The first-order valence-electron chi connectivity index (χ1n) is 10.8. The number of carbonyl (C=O) groups is 2. The van der Waals surface area contributed by atoms with Gasteiger partial charge in [0.05, 0.1) is 22.4 Å². The largest absolute Gasteiger partial charge is 0.355 e. The molecule has 0 unspecified atom stereocenters. The lowest BCUT2D eigenvalue weighted by Gasteiger charge is -2.22. The van der Waals surface area contributed by atoms with Crippen LogP contribution in [0.3, 0.4) is 0 Å². The molecule has 34 heavy (non-hydrogen) atoms. The van der Waals surface area contributed by atoms with Gasteiger partial charge in [0, 0.05) is 18.6 Å². The van der Waals surface area contributed by atoms with Gasteiger partial charge in [-0.1, -0.05) is 79.1 Å². The number of nitrogens with zero attached hydrogens (tertiary/aromatic N) is 3. The molecule has 180 valence electrons. The van der Waals surface area contributed by atoms with Crippen LogP contribution in [0.5, 0.6) is 0 Å². The van der Waals surface area contributed by atoms with E-state index in [0.717, 1.165) is 6.42 Å². The summed E-state index contributed by atoms with van der Waals surface area (Å²) in [6.45, 7) is 4.54. The van der Waals surface area contributed by atoms with Gasteiger partial charge in [0.2, 0.25) is 5.91 Å². The molecule has 0 saturated heterocycles. The number of nitrogens with one attached hydrogen (secondary N) is 2. The van der Waals surface area contributed by atoms with E-state index in [4.69, 9.17) is 23.2 Å². The molecule has 7 nitrogen and oxygen atoms in total. The molecular weight excluding hydrogens is 493 g/mol. The third kappa shape index (κ3) is 6.98. The highest BCUT2D eigenvalue weighted by atomic mass is 35.5. The monoisotopic (exact) mass is 519 g/mol. The van der Waals surface area contributed by atoms with Gasteiger partial charge in [-0.15, -0.1) is 10.2 Å². The number of amides is 2. The molecule has 2 N–H and O–H groups in total. The highest BCUT2D eigenvalue weighted by molar-refractivity contribution is 7.99. The Morgan fingerprint density at radius 1 is 1.09 bits per heavy atom. The van der Waals surface area contributed by atoms with E-state index in [0.29, 0.717) is 28.1 Å². The fraction of sp³-hybridized carbons (Fsp3) is 0.333. The second kappa shape index (κ2) is 12.2. The number of thioether (sulfide) groups is 1. The number of aromatic nitrogens is 3. The van der Waals surface area contributed by atoms with Gasteiger partial charge in [0.1, 0.15) is 0 Å². The average molecular weight is 520 g/mol. The van der Waals surface area contributed by atoms with E-state index in [2.05, 4.69) is 20.8 Å². The molecule has 1 heterocycles. The van der Waals surface area contributed by atoms with E-state index in [1.807, 2.05) is 51.2 Å². The van der Waals surface area contributed by atoms with Crippen molar-refractivity contribution in [2.75, 3.05) is 12.3 Å². The van der Waals surface area contributed by atoms with E-state index in [1.165, 1.54) is 23.4 Å². The van der Waals surface area contributed by atoms with Crippen molar-refractivity contribution in [3.05, 3.63) is 75.5 Å². The van der Waals surface area contributed by atoms with Crippen LogP contribution in [-0.4, -0.2) is 38.9 Å². The lowest BCUT2D eigenvalue weighted by atomic mass is 10.0.